The molecular formula is C16H24N2O3S. The first kappa shape index (κ1) is 17.0. The lowest BCUT2D eigenvalue weighted by Gasteiger charge is -2.12. The minimum Gasteiger partial charge on any atom is -0.462 e. The fourth-order valence-corrected chi connectivity index (χ4v) is 3.92. The SMILES string of the molecule is CCCNCC(=O)Nc1sc2c(c1C(=O)OCC)CCCC2. The van der Waals surface area contributed by atoms with Crippen molar-refractivity contribution in [3.05, 3.63) is 16.0 Å². The van der Waals surface area contributed by atoms with Gasteiger partial charge in [-0.2, -0.15) is 0 Å². The molecule has 1 amide bonds. The molecule has 0 spiro atoms. The summed E-state index contributed by atoms with van der Waals surface area (Å²) in [5.74, 6) is -0.434. The summed E-state index contributed by atoms with van der Waals surface area (Å²) in [6.45, 7) is 5.26. The second-order valence-corrected chi connectivity index (χ2v) is 6.47. The van der Waals surface area contributed by atoms with Crippen LogP contribution in [0.5, 0.6) is 0 Å². The molecule has 0 saturated heterocycles. The van der Waals surface area contributed by atoms with Gasteiger partial charge in [-0.1, -0.05) is 6.92 Å². The van der Waals surface area contributed by atoms with E-state index >= 15 is 0 Å². The number of nitrogens with one attached hydrogen (secondary N) is 2. The van der Waals surface area contributed by atoms with E-state index in [-0.39, 0.29) is 18.4 Å². The van der Waals surface area contributed by atoms with Gasteiger partial charge in [-0.25, -0.2) is 4.79 Å². The smallest absolute Gasteiger partial charge is 0.341 e. The van der Waals surface area contributed by atoms with E-state index in [1.807, 2.05) is 0 Å². The first-order valence-electron chi connectivity index (χ1n) is 7.99. The monoisotopic (exact) mass is 324 g/mol. The molecule has 2 N–H and O–H groups in total. The maximum Gasteiger partial charge on any atom is 0.341 e. The van der Waals surface area contributed by atoms with Gasteiger partial charge in [0, 0.05) is 4.88 Å². The molecule has 0 aromatic carbocycles. The van der Waals surface area contributed by atoms with Gasteiger partial charge in [-0.15, -0.1) is 11.3 Å². The third-order valence-electron chi connectivity index (χ3n) is 3.62. The number of hydrogen-bond donors (Lipinski definition) is 2. The number of anilines is 1. The van der Waals surface area contributed by atoms with Crippen molar-refractivity contribution >= 4 is 28.2 Å². The molecule has 1 heterocycles. The molecule has 122 valence electrons. The van der Waals surface area contributed by atoms with E-state index in [2.05, 4.69) is 17.6 Å². The zero-order chi connectivity index (χ0) is 15.9. The summed E-state index contributed by atoms with van der Waals surface area (Å²) in [6, 6.07) is 0. The van der Waals surface area contributed by atoms with Crippen LogP contribution in [0.1, 0.15) is 53.9 Å². The molecule has 6 heteroatoms. The van der Waals surface area contributed by atoms with Crippen LogP contribution in [-0.4, -0.2) is 31.6 Å². The lowest BCUT2D eigenvalue weighted by molar-refractivity contribution is -0.115. The second kappa shape index (κ2) is 8.29. The molecule has 0 aliphatic heterocycles. The van der Waals surface area contributed by atoms with Gasteiger partial charge in [0.25, 0.3) is 0 Å². The van der Waals surface area contributed by atoms with Crippen LogP contribution < -0.4 is 10.6 Å². The van der Waals surface area contributed by atoms with Crippen LogP contribution in [-0.2, 0) is 22.4 Å². The topological polar surface area (TPSA) is 67.4 Å². The molecule has 0 saturated carbocycles. The molecule has 0 fully saturated rings. The predicted octanol–water partition coefficient (Wildman–Crippen LogP) is 2.74. The molecule has 1 aromatic heterocycles. The molecule has 0 bridgehead atoms. The largest absolute Gasteiger partial charge is 0.462 e. The van der Waals surface area contributed by atoms with E-state index in [4.69, 9.17) is 4.74 Å². The number of amides is 1. The van der Waals surface area contributed by atoms with E-state index < -0.39 is 0 Å². The summed E-state index contributed by atoms with van der Waals surface area (Å²) < 4.78 is 5.17. The minimum absolute atomic E-state index is 0.113. The maximum atomic E-state index is 12.3. The van der Waals surface area contributed by atoms with Crippen LogP contribution in [0.25, 0.3) is 0 Å². The summed E-state index contributed by atoms with van der Waals surface area (Å²) in [6.07, 6.45) is 5.08. The van der Waals surface area contributed by atoms with Gasteiger partial charge in [0.1, 0.15) is 5.00 Å². The van der Waals surface area contributed by atoms with Crippen LogP contribution in [0.3, 0.4) is 0 Å². The van der Waals surface area contributed by atoms with E-state index in [1.165, 1.54) is 16.2 Å². The lowest BCUT2D eigenvalue weighted by Crippen LogP contribution is -2.28. The number of thiophene rings is 1. The highest BCUT2D eigenvalue weighted by molar-refractivity contribution is 7.17. The predicted molar refractivity (Wildman–Crippen MR) is 88.7 cm³/mol. The average Bonchev–Trinajstić information content (AvgIpc) is 2.85. The standard InChI is InChI=1S/C16H24N2O3S/c1-3-9-17-10-13(19)18-15-14(16(20)21-4-2)11-7-5-6-8-12(11)22-15/h17H,3-10H2,1-2H3,(H,18,19). The van der Waals surface area contributed by atoms with Crippen molar-refractivity contribution in [2.45, 2.75) is 46.0 Å². The highest BCUT2D eigenvalue weighted by atomic mass is 32.1. The zero-order valence-corrected chi connectivity index (χ0v) is 14.1. The fraction of sp³-hybridized carbons (Fsp3) is 0.625. The van der Waals surface area contributed by atoms with Crippen molar-refractivity contribution in [2.75, 3.05) is 25.0 Å². The van der Waals surface area contributed by atoms with Gasteiger partial charge in [-0.3, -0.25) is 4.79 Å². The number of carbonyl (C=O) groups is 2. The molecule has 1 aliphatic rings. The van der Waals surface area contributed by atoms with Crippen LogP contribution in [0.4, 0.5) is 5.00 Å². The first-order chi connectivity index (χ1) is 10.7. The molecule has 0 unspecified atom stereocenters. The van der Waals surface area contributed by atoms with E-state index in [9.17, 15) is 9.59 Å². The summed E-state index contributed by atoms with van der Waals surface area (Å²) in [5.41, 5.74) is 1.65. The Kier molecular flexibility index (Phi) is 6.39. The molecule has 1 aromatic rings. The summed E-state index contributed by atoms with van der Waals surface area (Å²) >= 11 is 1.52. The molecule has 5 nitrogen and oxygen atoms in total. The Morgan fingerprint density at radius 2 is 2.00 bits per heavy atom. The van der Waals surface area contributed by atoms with E-state index in [1.54, 1.807) is 6.92 Å². The Balaban J connectivity index is 2.17. The first-order valence-corrected chi connectivity index (χ1v) is 8.81. The van der Waals surface area contributed by atoms with Gasteiger partial charge in [0.05, 0.1) is 18.7 Å². The molecule has 2 rings (SSSR count). The zero-order valence-electron chi connectivity index (χ0n) is 13.3. The van der Waals surface area contributed by atoms with Crippen LogP contribution in [0.2, 0.25) is 0 Å². The van der Waals surface area contributed by atoms with Gasteiger partial charge < -0.3 is 15.4 Å². The Morgan fingerprint density at radius 3 is 2.73 bits per heavy atom. The van der Waals surface area contributed by atoms with Crippen molar-refractivity contribution in [1.82, 2.24) is 5.32 Å². The van der Waals surface area contributed by atoms with Gasteiger partial charge >= 0.3 is 5.97 Å². The van der Waals surface area contributed by atoms with Crippen molar-refractivity contribution in [3.8, 4) is 0 Å². The minimum atomic E-state index is -0.321. The Morgan fingerprint density at radius 1 is 1.23 bits per heavy atom. The summed E-state index contributed by atoms with van der Waals surface area (Å²) in [7, 11) is 0. The summed E-state index contributed by atoms with van der Waals surface area (Å²) in [4.78, 5) is 25.5. The second-order valence-electron chi connectivity index (χ2n) is 5.36. The molecular weight excluding hydrogens is 300 g/mol. The number of aryl methyl sites for hydroxylation is 1. The molecule has 22 heavy (non-hydrogen) atoms. The quantitative estimate of drug-likeness (QED) is 0.598. The van der Waals surface area contributed by atoms with Gasteiger partial charge in [0.15, 0.2) is 0 Å². The average molecular weight is 324 g/mol. The number of hydrogen-bond acceptors (Lipinski definition) is 5. The fourth-order valence-electron chi connectivity index (χ4n) is 2.62. The molecule has 0 radical (unpaired) electrons. The number of carbonyl (C=O) groups excluding carboxylic acids is 2. The number of esters is 1. The molecule has 1 aliphatic carbocycles. The van der Waals surface area contributed by atoms with Crippen LogP contribution in [0, 0.1) is 0 Å². The number of fused-ring (bicyclic) bond motifs is 1. The Hall–Kier alpha value is -1.40. The van der Waals surface area contributed by atoms with Crippen molar-refractivity contribution in [3.63, 3.8) is 0 Å². The number of rotatable bonds is 7. The van der Waals surface area contributed by atoms with Crippen molar-refractivity contribution in [2.24, 2.45) is 0 Å². The highest BCUT2D eigenvalue weighted by Gasteiger charge is 2.27. The lowest BCUT2D eigenvalue weighted by atomic mass is 9.95. The third kappa shape index (κ3) is 4.08. The third-order valence-corrected chi connectivity index (χ3v) is 4.82. The summed E-state index contributed by atoms with van der Waals surface area (Å²) in [5, 5.41) is 6.60. The van der Waals surface area contributed by atoms with Gasteiger partial charge in [-0.05, 0) is 51.1 Å². The van der Waals surface area contributed by atoms with Crippen LogP contribution >= 0.6 is 11.3 Å². The van der Waals surface area contributed by atoms with Crippen LogP contribution in [0.15, 0.2) is 0 Å². The van der Waals surface area contributed by atoms with E-state index in [0.717, 1.165) is 44.2 Å². The van der Waals surface area contributed by atoms with Gasteiger partial charge in [0.2, 0.25) is 5.91 Å². The normalized spacial score (nSPS) is 13.5. The molecule has 0 atom stereocenters. The van der Waals surface area contributed by atoms with E-state index in [0.29, 0.717) is 17.2 Å². The Labute approximate surface area is 135 Å². The van der Waals surface area contributed by atoms with Crippen molar-refractivity contribution in [1.29, 1.82) is 0 Å². The maximum absolute atomic E-state index is 12.3. The highest BCUT2D eigenvalue weighted by Crippen LogP contribution is 2.38. The van der Waals surface area contributed by atoms with Crippen molar-refractivity contribution < 1.29 is 14.3 Å². The number of ether oxygens (including phenoxy) is 1. The Bertz CT molecular complexity index is 540.